The maximum atomic E-state index is 5.49. The standard InChI is InChI=1S/C22H26N2OS/c1-22(2,24-11-13-25-14-12-24)16-17-7-9-19(10-8-17)26-21-15-18-5-3-4-6-20(18)23-21/h3-10,15,23H,11-14,16H2,1-2H3. The number of H-pyrrole nitrogens is 1. The minimum Gasteiger partial charge on any atom is -0.379 e. The second kappa shape index (κ2) is 7.47. The molecule has 1 aliphatic rings. The molecule has 0 bridgehead atoms. The summed E-state index contributed by atoms with van der Waals surface area (Å²) in [6, 6.07) is 19.6. The van der Waals surface area contributed by atoms with Crippen LogP contribution in [0.5, 0.6) is 0 Å². The van der Waals surface area contributed by atoms with E-state index in [9.17, 15) is 0 Å². The van der Waals surface area contributed by atoms with E-state index in [4.69, 9.17) is 4.74 Å². The van der Waals surface area contributed by atoms with E-state index in [0.717, 1.165) is 32.7 Å². The number of benzene rings is 2. The first-order chi connectivity index (χ1) is 12.6. The van der Waals surface area contributed by atoms with Crippen LogP contribution in [0.1, 0.15) is 19.4 Å². The molecule has 3 aromatic rings. The van der Waals surface area contributed by atoms with E-state index in [1.54, 1.807) is 11.8 Å². The van der Waals surface area contributed by atoms with Gasteiger partial charge in [0.25, 0.3) is 0 Å². The van der Waals surface area contributed by atoms with Crippen LogP contribution in [-0.4, -0.2) is 41.7 Å². The molecule has 1 fully saturated rings. The number of rotatable bonds is 5. The summed E-state index contributed by atoms with van der Waals surface area (Å²) < 4.78 is 5.49. The van der Waals surface area contributed by atoms with Gasteiger partial charge in [-0.05, 0) is 50.1 Å². The largest absolute Gasteiger partial charge is 0.379 e. The van der Waals surface area contributed by atoms with Crippen LogP contribution >= 0.6 is 11.8 Å². The molecule has 1 aliphatic heterocycles. The fourth-order valence-corrected chi connectivity index (χ4v) is 4.56. The van der Waals surface area contributed by atoms with E-state index in [-0.39, 0.29) is 5.54 Å². The maximum absolute atomic E-state index is 5.49. The molecule has 0 spiro atoms. The normalized spacial score (nSPS) is 16.2. The lowest BCUT2D eigenvalue weighted by atomic mass is 9.92. The zero-order chi connectivity index (χ0) is 18.0. The average molecular weight is 367 g/mol. The van der Waals surface area contributed by atoms with Crippen molar-refractivity contribution < 1.29 is 4.74 Å². The zero-order valence-electron chi connectivity index (χ0n) is 15.5. The van der Waals surface area contributed by atoms with Crippen LogP contribution in [0.4, 0.5) is 0 Å². The van der Waals surface area contributed by atoms with Gasteiger partial charge in [0, 0.05) is 34.4 Å². The predicted octanol–water partition coefficient (Wildman–Crippen LogP) is 4.97. The molecule has 0 amide bonds. The summed E-state index contributed by atoms with van der Waals surface area (Å²) in [5, 5.41) is 2.45. The Hall–Kier alpha value is -1.75. The Balaban J connectivity index is 1.42. The Morgan fingerprint density at radius 3 is 2.50 bits per heavy atom. The zero-order valence-corrected chi connectivity index (χ0v) is 16.3. The molecule has 0 saturated carbocycles. The molecule has 26 heavy (non-hydrogen) atoms. The van der Waals surface area contributed by atoms with Crippen LogP contribution in [0.3, 0.4) is 0 Å². The molecule has 4 rings (SSSR count). The molecule has 0 atom stereocenters. The van der Waals surface area contributed by atoms with Crippen molar-refractivity contribution in [2.45, 2.75) is 35.7 Å². The van der Waals surface area contributed by atoms with Crippen molar-refractivity contribution in [3.63, 3.8) is 0 Å². The van der Waals surface area contributed by atoms with Gasteiger partial charge in [0.05, 0.1) is 18.2 Å². The molecule has 0 radical (unpaired) electrons. The molecule has 136 valence electrons. The lowest BCUT2D eigenvalue weighted by molar-refractivity contribution is -0.00984. The number of para-hydroxylation sites is 1. The van der Waals surface area contributed by atoms with Crippen molar-refractivity contribution in [2.75, 3.05) is 26.3 Å². The first-order valence-electron chi connectivity index (χ1n) is 9.27. The molecule has 2 heterocycles. The number of aromatic nitrogens is 1. The second-order valence-corrected chi connectivity index (χ2v) is 8.67. The van der Waals surface area contributed by atoms with E-state index < -0.39 is 0 Å². The molecule has 1 saturated heterocycles. The Kier molecular flexibility index (Phi) is 5.07. The smallest absolute Gasteiger partial charge is 0.0780 e. The van der Waals surface area contributed by atoms with Crippen LogP contribution in [-0.2, 0) is 11.2 Å². The van der Waals surface area contributed by atoms with Crippen molar-refractivity contribution >= 4 is 22.7 Å². The predicted molar refractivity (Wildman–Crippen MR) is 109 cm³/mol. The molecule has 3 nitrogen and oxygen atoms in total. The highest BCUT2D eigenvalue weighted by Gasteiger charge is 2.28. The molecule has 2 aromatic carbocycles. The minimum atomic E-state index is 0.162. The summed E-state index contributed by atoms with van der Waals surface area (Å²) in [6.07, 6.45) is 1.06. The summed E-state index contributed by atoms with van der Waals surface area (Å²) in [7, 11) is 0. The topological polar surface area (TPSA) is 28.3 Å². The summed E-state index contributed by atoms with van der Waals surface area (Å²) in [4.78, 5) is 7.30. The fraction of sp³-hybridized carbons (Fsp3) is 0.364. The molecule has 0 aliphatic carbocycles. The lowest BCUT2D eigenvalue weighted by Crippen LogP contribution is -2.51. The lowest BCUT2D eigenvalue weighted by Gasteiger charge is -2.41. The Morgan fingerprint density at radius 2 is 1.77 bits per heavy atom. The molecule has 4 heteroatoms. The number of ether oxygens (including phenoxy) is 1. The number of aromatic amines is 1. The van der Waals surface area contributed by atoms with Gasteiger partial charge in [0.15, 0.2) is 0 Å². The van der Waals surface area contributed by atoms with E-state index in [2.05, 4.69) is 78.3 Å². The third-order valence-corrected chi connectivity index (χ3v) is 6.11. The Morgan fingerprint density at radius 1 is 1.04 bits per heavy atom. The number of nitrogens with one attached hydrogen (secondary N) is 1. The summed E-state index contributed by atoms with van der Waals surface area (Å²) in [5.41, 5.74) is 2.75. The highest BCUT2D eigenvalue weighted by atomic mass is 32.2. The van der Waals surface area contributed by atoms with Gasteiger partial charge in [-0.1, -0.05) is 42.1 Å². The highest BCUT2D eigenvalue weighted by Crippen LogP contribution is 2.30. The third kappa shape index (κ3) is 3.98. The van der Waals surface area contributed by atoms with Crippen molar-refractivity contribution in [3.8, 4) is 0 Å². The quantitative estimate of drug-likeness (QED) is 0.691. The van der Waals surface area contributed by atoms with E-state index in [0.29, 0.717) is 0 Å². The molecule has 0 unspecified atom stereocenters. The minimum absolute atomic E-state index is 0.162. The van der Waals surface area contributed by atoms with Gasteiger partial charge in [0.2, 0.25) is 0 Å². The summed E-state index contributed by atoms with van der Waals surface area (Å²) in [6.45, 7) is 8.44. The van der Waals surface area contributed by atoms with Gasteiger partial charge in [-0.2, -0.15) is 0 Å². The molecular weight excluding hydrogens is 340 g/mol. The van der Waals surface area contributed by atoms with Gasteiger partial charge in [-0.25, -0.2) is 0 Å². The third-order valence-electron chi connectivity index (χ3n) is 5.16. The van der Waals surface area contributed by atoms with Crippen molar-refractivity contribution in [1.29, 1.82) is 0 Å². The Labute approximate surface area is 159 Å². The van der Waals surface area contributed by atoms with E-state index >= 15 is 0 Å². The van der Waals surface area contributed by atoms with Crippen molar-refractivity contribution in [1.82, 2.24) is 9.88 Å². The van der Waals surface area contributed by atoms with Crippen molar-refractivity contribution in [2.24, 2.45) is 0 Å². The van der Waals surface area contributed by atoms with Gasteiger partial charge in [0.1, 0.15) is 0 Å². The first kappa shape index (κ1) is 17.7. The monoisotopic (exact) mass is 366 g/mol. The average Bonchev–Trinajstić information content (AvgIpc) is 3.06. The summed E-state index contributed by atoms with van der Waals surface area (Å²) in [5.74, 6) is 0. The second-order valence-electron chi connectivity index (χ2n) is 7.56. The molecule has 1 aromatic heterocycles. The molecular formula is C22H26N2OS. The van der Waals surface area contributed by atoms with Gasteiger partial charge < -0.3 is 9.72 Å². The van der Waals surface area contributed by atoms with E-state index in [1.807, 2.05) is 0 Å². The van der Waals surface area contributed by atoms with Crippen molar-refractivity contribution in [3.05, 3.63) is 60.2 Å². The Bertz CT molecular complexity index is 830. The number of nitrogens with zero attached hydrogens (tertiary/aromatic N) is 1. The molecule has 1 N–H and O–H groups in total. The SMILES string of the molecule is CC(C)(Cc1ccc(Sc2cc3ccccc3[nH]2)cc1)N1CCOCC1. The van der Waals surface area contributed by atoms with Crippen LogP contribution in [0, 0.1) is 0 Å². The maximum Gasteiger partial charge on any atom is 0.0780 e. The highest BCUT2D eigenvalue weighted by molar-refractivity contribution is 7.99. The van der Waals surface area contributed by atoms with Gasteiger partial charge >= 0.3 is 0 Å². The van der Waals surface area contributed by atoms with Crippen LogP contribution in [0.2, 0.25) is 0 Å². The van der Waals surface area contributed by atoms with Crippen LogP contribution in [0.15, 0.2) is 64.5 Å². The fourth-order valence-electron chi connectivity index (χ4n) is 3.68. The number of morpholine rings is 1. The summed E-state index contributed by atoms with van der Waals surface area (Å²) >= 11 is 1.79. The van der Waals surface area contributed by atoms with Gasteiger partial charge in [-0.15, -0.1) is 0 Å². The number of fused-ring (bicyclic) bond motifs is 1. The number of hydrogen-bond acceptors (Lipinski definition) is 3. The van der Waals surface area contributed by atoms with Crippen LogP contribution < -0.4 is 0 Å². The van der Waals surface area contributed by atoms with Crippen LogP contribution in [0.25, 0.3) is 10.9 Å². The number of hydrogen-bond donors (Lipinski definition) is 1. The van der Waals surface area contributed by atoms with E-state index in [1.165, 1.54) is 26.4 Å². The first-order valence-corrected chi connectivity index (χ1v) is 10.1. The van der Waals surface area contributed by atoms with Gasteiger partial charge in [-0.3, -0.25) is 4.90 Å².